The highest BCUT2D eigenvalue weighted by atomic mass is 32.1. The number of aryl methyl sites for hydroxylation is 1. The van der Waals surface area contributed by atoms with Crippen molar-refractivity contribution in [3.8, 4) is 5.75 Å². The average molecular weight is 320 g/mol. The Hall–Kier alpha value is -2.41. The van der Waals surface area contributed by atoms with E-state index >= 15 is 0 Å². The Morgan fingerprint density at radius 2 is 2.18 bits per heavy atom. The number of methoxy groups -OCH3 is 1. The van der Waals surface area contributed by atoms with Gasteiger partial charge >= 0.3 is 5.97 Å². The number of carbonyl (C=O) groups excluding carboxylic acids is 1. The van der Waals surface area contributed by atoms with E-state index < -0.39 is 5.97 Å². The number of anilines is 1. The van der Waals surface area contributed by atoms with Gasteiger partial charge in [-0.05, 0) is 31.0 Å². The number of rotatable bonds is 6. The predicted molar refractivity (Wildman–Crippen MR) is 84.0 cm³/mol. The minimum Gasteiger partial charge on any atom is -0.495 e. The number of thiazole rings is 1. The van der Waals surface area contributed by atoms with E-state index in [9.17, 15) is 9.59 Å². The Labute approximate surface area is 131 Å². The highest BCUT2D eigenvalue weighted by Crippen LogP contribution is 2.27. The number of amides is 1. The van der Waals surface area contributed by atoms with Gasteiger partial charge < -0.3 is 15.2 Å². The second-order valence-electron chi connectivity index (χ2n) is 4.54. The summed E-state index contributed by atoms with van der Waals surface area (Å²) in [5.41, 5.74) is 0.515. The molecule has 2 rings (SSSR count). The van der Waals surface area contributed by atoms with Gasteiger partial charge in [-0.3, -0.25) is 4.79 Å². The smallest absolute Gasteiger partial charge is 0.335 e. The molecule has 22 heavy (non-hydrogen) atoms. The number of hydrogen-bond acceptors (Lipinski definition) is 5. The summed E-state index contributed by atoms with van der Waals surface area (Å²) >= 11 is 1.35. The van der Waals surface area contributed by atoms with Crippen LogP contribution in [0.1, 0.15) is 38.4 Å². The van der Waals surface area contributed by atoms with Crippen molar-refractivity contribution < 1.29 is 19.4 Å². The molecule has 0 radical (unpaired) electrons. The highest BCUT2D eigenvalue weighted by molar-refractivity contribution is 7.13. The molecule has 2 aromatic rings. The Kier molecular flexibility index (Phi) is 5.11. The fourth-order valence-corrected chi connectivity index (χ4v) is 2.77. The largest absolute Gasteiger partial charge is 0.495 e. The van der Waals surface area contributed by atoms with Crippen molar-refractivity contribution in [1.82, 2.24) is 4.98 Å². The first kappa shape index (κ1) is 16.0. The van der Waals surface area contributed by atoms with Crippen molar-refractivity contribution in [2.75, 3.05) is 12.4 Å². The van der Waals surface area contributed by atoms with Gasteiger partial charge in [-0.25, -0.2) is 9.78 Å². The van der Waals surface area contributed by atoms with Crippen molar-refractivity contribution in [2.24, 2.45) is 0 Å². The molecule has 0 aliphatic heterocycles. The van der Waals surface area contributed by atoms with E-state index in [0.717, 1.165) is 17.8 Å². The summed E-state index contributed by atoms with van der Waals surface area (Å²) < 4.78 is 5.13. The fourth-order valence-electron chi connectivity index (χ4n) is 1.86. The third kappa shape index (κ3) is 3.62. The van der Waals surface area contributed by atoms with Crippen LogP contribution in [0.2, 0.25) is 0 Å². The quantitative estimate of drug-likeness (QED) is 0.854. The molecule has 1 aromatic carbocycles. The summed E-state index contributed by atoms with van der Waals surface area (Å²) in [5, 5.41) is 12.6. The molecule has 0 aliphatic carbocycles. The topological polar surface area (TPSA) is 88.5 Å². The number of carboxylic acids is 1. The molecule has 1 heterocycles. The highest BCUT2D eigenvalue weighted by Gasteiger charge is 2.14. The maximum Gasteiger partial charge on any atom is 0.335 e. The zero-order chi connectivity index (χ0) is 16.1. The predicted octanol–water partition coefficient (Wildman–Crippen LogP) is 3.05. The van der Waals surface area contributed by atoms with E-state index in [2.05, 4.69) is 17.2 Å². The molecule has 0 saturated heterocycles. The molecular weight excluding hydrogens is 304 g/mol. The third-order valence-corrected chi connectivity index (χ3v) is 3.99. The van der Waals surface area contributed by atoms with Crippen LogP contribution in [-0.2, 0) is 6.42 Å². The lowest BCUT2D eigenvalue weighted by Gasteiger charge is -2.10. The Morgan fingerprint density at radius 1 is 1.41 bits per heavy atom. The van der Waals surface area contributed by atoms with Gasteiger partial charge in [0, 0.05) is 0 Å². The molecule has 2 N–H and O–H groups in total. The van der Waals surface area contributed by atoms with Gasteiger partial charge in [0.15, 0.2) is 0 Å². The van der Waals surface area contributed by atoms with Crippen LogP contribution in [0.3, 0.4) is 0 Å². The molecular formula is C15H16N2O4S. The van der Waals surface area contributed by atoms with Crippen molar-refractivity contribution >= 4 is 28.9 Å². The minimum absolute atomic E-state index is 0.0953. The number of hydrogen-bond donors (Lipinski definition) is 2. The Bertz CT molecular complexity index is 697. The monoisotopic (exact) mass is 320 g/mol. The van der Waals surface area contributed by atoms with E-state index in [1.165, 1.54) is 36.6 Å². The maximum absolute atomic E-state index is 12.2. The van der Waals surface area contributed by atoms with Crippen LogP contribution in [0.4, 0.5) is 5.69 Å². The molecule has 7 heteroatoms. The number of carboxylic acid groups (broad SMARTS) is 1. The molecule has 0 spiro atoms. The van der Waals surface area contributed by atoms with Gasteiger partial charge in [0.2, 0.25) is 0 Å². The van der Waals surface area contributed by atoms with Crippen molar-refractivity contribution in [2.45, 2.75) is 19.8 Å². The molecule has 0 saturated carbocycles. The van der Waals surface area contributed by atoms with Gasteiger partial charge in [0.25, 0.3) is 5.91 Å². The second-order valence-corrected chi connectivity index (χ2v) is 5.66. The standard InChI is InChI=1S/C15H16N2O4S/c1-3-4-13-16-8-12(22-13)14(18)17-10-6-5-9(15(19)20)7-11(10)21-2/h5-8H,3-4H2,1-2H3,(H,17,18)(H,19,20). The molecule has 0 bridgehead atoms. The maximum atomic E-state index is 12.2. The molecule has 1 amide bonds. The third-order valence-electron chi connectivity index (χ3n) is 2.94. The van der Waals surface area contributed by atoms with Crippen molar-refractivity contribution in [1.29, 1.82) is 0 Å². The zero-order valence-electron chi connectivity index (χ0n) is 12.3. The second kappa shape index (κ2) is 7.04. The van der Waals surface area contributed by atoms with E-state index in [1.807, 2.05) is 0 Å². The van der Waals surface area contributed by atoms with Crippen LogP contribution in [0.5, 0.6) is 5.75 Å². The number of nitrogens with zero attached hydrogens (tertiary/aromatic N) is 1. The summed E-state index contributed by atoms with van der Waals surface area (Å²) in [4.78, 5) is 27.8. The summed E-state index contributed by atoms with van der Waals surface area (Å²) in [6.45, 7) is 2.05. The van der Waals surface area contributed by atoms with Gasteiger partial charge in [0.05, 0.1) is 29.6 Å². The Balaban J connectivity index is 2.18. The molecule has 116 valence electrons. The van der Waals surface area contributed by atoms with E-state index in [-0.39, 0.29) is 11.5 Å². The van der Waals surface area contributed by atoms with Gasteiger partial charge in [0.1, 0.15) is 10.6 Å². The average Bonchev–Trinajstić information content (AvgIpc) is 2.96. The first-order chi connectivity index (χ1) is 10.5. The van der Waals surface area contributed by atoms with E-state index in [4.69, 9.17) is 9.84 Å². The SMILES string of the molecule is CCCc1ncc(C(=O)Nc2ccc(C(=O)O)cc2OC)s1. The van der Waals surface area contributed by atoms with Crippen molar-refractivity contribution in [3.05, 3.63) is 39.8 Å². The number of ether oxygens (including phenoxy) is 1. The van der Waals surface area contributed by atoms with Crippen LogP contribution in [0.15, 0.2) is 24.4 Å². The van der Waals surface area contributed by atoms with Gasteiger partial charge in [-0.15, -0.1) is 11.3 Å². The molecule has 0 fully saturated rings. The zero-order valence-corrected chi connectivity index (χ0v) is 13.1. The first-order valence-electron chi connectivity index (χ1n) is 6.72. The van der Waals surface area contributed by atoms with Crippen LogP contribution < -0.4 is 10.1 Å². The lowest BCUT2D eigenvalue weighted by atomic mass is 10.2. The lowest BCUT2D eigenvalue weighted by Crippen LogP contribution is -2.11. The fraction of sp³-hybridized carbons (Fsp3) is 0.267. The molecule has 6 nitrogen and oxygen atoms in total. The van der Waals surface area contributed by atoms with E-state index in [1.54, 1.807) is 6.20 Å². The minimum atomic E-state index is -1.05. The van der Waals surface area contributed by atoms with Crippen LogP contribution in [0.25, 0.3) is 0 Å². The molecule has 0 aliphatic rings. The number of aromatic nitrogens is 1. The lowest BCUT2D eigenvalue weighted by molar-refractivity contribution is 0.0696. The molecule has 1 aromatic heterocycles. The van der Waals surface area contributed by atoms with Crippen LogP contribution >= 0.6 is 11.3 Å². The van der Waals surface area contributed by atoms with Crippen LogP contribution in [-0.4, -0.2) is 29.1 Å². The summed E-state index contributed by atoms with van der Waals surface area (Å²) in [7, 11) is 1.42. The van der Waals surface area contributed by atoms with E-state index in [0.29, 0.717) is 16.3 Å². The van der Waals surface area contributed by atoms with Crippen molar-refractivity contribution in [3.63, 3.8) is 0 Å². The first-order valence-corrected chi connectivity index (χ1v) is 7.54. The van der Waals surface area contributed by atoms with Gasteiger partial charge in [-0.1, -0.05) is 6.92 Å². The number of benzene rings is 1. The molecule has 0 unspecified atom stereocenters. The molecule has 0 atom stereocenters. The summed E-state index contributed by atoms with van der Waals surface area (Å²) in [6, 6.07) is 4.29. The normalized spacial score (nSPS) is 10.3. The van der Waals surface area contributed by atoms with Crippen LogP contribution in [0, 0.1) is 0 Å². The summed E-state index contributed by atoms with van der Waals surface area (Å²) in [5.74, 6) is -1.05. The number of carbonyl (C=O) groups is 2. The van der Waals surface area contributed by atoms with Gasteiger partial charge in [-0.2, -0.15) is 0 Å². The summed E-state index contributed by atoms with van der Waals surface area (Å²) in [6.07, 6.45) is 3.36. The Morgan fingerprint density at radius 3 is 2.82 bits per heavy atom. The number of nitrogens with one attached hydrogen (secondary N) is 1. The number of aromatic carboxylic acids is 1.